The van der Waals surface area contributed by atoms with E-state index in [1.54, 1.807) is 11.1 Å². The Morgan fingerprint density at radius 3 is 2.64 bits per heavy atom. The molecular weight excluding hydrogens is 266 g/mol. The predicted molar refractivity (Wildman–Crippen MR) is 92.0 cm³/mol. The van der Waals surface area contributed by atoms with Crippen LogP contribution in [0.1, 0.15) is 60.0 Å². The molecule has 1 heteroatoms. The Balaban J connectivity index is 1.66. The number of hydrogen-bond donors (Lipinski definition) is 0. The van der Waals surface area contributed by atoms with Crippen LogP contribution in [0.2, 0.25) is 0 Å². The van der Waals surface area contributed by atoms with Crippen molar-refractivity contribution in [3.63, 3.8) is 0 Å². The maximum Gasteiger partial charge on any atom is 0.0360 e. The molecule has 1 aliphatic heterocycles. The van der Waals surface area contributed by atoms with Crippen LogP contribution in [0.5, 0.6) is 0 Å². The summed E-state index contributed by atoms with van der Waals surface area (Å²) >= 11 is 0. The number of fused-ring (bicyclic) bond motifs is 1. The minimum atomic E-state index is 0.604. The Hall–Kier alpha value is -1.60. The maximum atomic E-state index is 2.79. The second-order valence-electron chi connectivity index (χ2n) is 6.92. The first-order valence-electron chi connectivity index (χ1n) is 8.73. The van der Waals surface area contributed by atoms with Crippen molar-refractivity contribution < 1.29 is 0 Å². The summed E-state index contributed by atoms with van der Waals surface area (Å²) in [6.07, 6.45) is 6.56. The minimum Gasteiger partial charge on any atom is -0.289 e. The molecule has 0 amide bonds. The number of rotatable bonds is 2. The monoisotopic (exact) mass is 291 g/mol. The molecule has 2 aliphatic rings. The third kappa shape index (κ3) is 2.48. The summed E-state index contributed by atoms with van der Waals surface area (Å²) < 4.78 is 0. The Morgan fingerprint density at radius 2 is 1.77 bits per heavy atom. The lowest BCUT2D eigenvalue weighted by atomic mass is 9.92. The zero-order chi connectivity index (χ0) is 14.9. The van der Waals surface area contributed by atoms with Crippen LogP contribution in [0.25, 0.3) is 0 Å². The van der Waals surface area contributed by atoms with Gasteiger partial charge in [0, 0.05) is 12.1 Å². The van der Waals surface area contributed by atoms with Gasteiger partial charge in [-0.25, -0.2) is 0 Å². The van der Waals surface area contributed by atoms with E-state index in [9.17, 15) is 0 Å². The fraction of sp³-hybridized carbons (Fsp3) is 0.429. The van der Waals surface area contributed by atoms with E-state index in [1.165, 1.54) is 49.8 Å². The molecule has 0 unspecified atom stereocenters. The molecule has 0 saturated carbocycles. The summed E-state index contributed by atoms with van der Waals surface area (Å²) in [5.41, 5.74) is 6.08. The second kappa shape index (κ2) is 5.89. The average molecular weight is 291 g/mol. The van der Waals surface area contributed by atoms with Crippen LogP contribution < -0.4 is 0 Å². The molecule has 1 heterocycles. The molecule has 2 aromatic rings. The first-order valence-corrected chi connectivity index (χ1v) is 8.73. The third-order valence-electron chi connectivity index (χ3n) is 5.47. The van der Waals surface area contributed by atoms with Crippen LogP contribution in [0.4, 0.5) is 0 Å². The molecule has 1 nitrogen and oxygen atoms in total. The van der Waals surface area contributed by atoms with Gasteiger partial charge < -0.3 is 0 Å². The SMILES string of the molecule is Cc1ccc2c(c1)CC[C@@H]2N1CCCC[C@@H]1c1ccccc1. The smallest absolute Gasteiger partial charge is 0.0360 e. The number of hydrogen-bond acceptors (Lipinski definition) is 1. The highest BCUT2D eigenvalue weighted by Crippen LogP contribution is 2.43. The van der Waals surface area contributed by atoms with Crippen LogP contribution in [-0.4, -0.2) is 11.4 Å². The van der Waals surface area contributed by atoms with Gasteiger partial charge in [-0.2, -0.15) is 0 Å². The van der Waals surface area contributed by atoms with Crippen LogP contribution in [-0.2, 0) is 6.42 Å². The van der Waals surface area contributed by atoms with Gasteiger partial charge in [0.15, 0.2) is 0 Å². The van der Waals surface area contributed by atoms with Crippen molar-refractivity contribution >= 4 is 0 Å². The normalized spacial score (nSPS) is 25.1. The van der Waals surface area contributed by atoms with E-state index in [0.29, 0.717) is 12.1 Å². The molecule has 22 heavy (non-hydrogen) atoms. The van der Waals surface area contributed by atoms with E-state index in [-0.39, 0.29) is 0 Å². The molecule has 0 bridgehead atoms. The van der Waals surface area contributed by atoms with E-state index in [0.717, 1.165) is 0 Å². The molecule has 0 aromatic heterocycles. The van der Waals surface area contributed by atoms with E-state index >= 15 is 0 Å². The standard InChI is InChI=1S/C21H25N/c1-16-10-12-19-18(15-16)11-13-21(19)22-14-6-5-9-20(22)17-7-3-2-4-8-17/h2-4,7-8,10,12,15,20-21H,5-6,9,11,13-14H2,1H3/t20-,21+/m1/s1. The molecule has 1 fully saturated rings. The van der Waals surface area contributed by atoms with Crippen molar-refractivity contribution in [1.29, 1.82) is 0 Å². The number of benzene rings is 2. The van der Waals surface area contributed by atoms with Crippen molar-refractivity contribution in [3.8, 4) is 0 Å². The van der Waals surface area contributed by atoms with Crippen molar-refractivity contribution in [1.82, 2.24) is 4.90 Å². The third-order valence-corrected chi connectivity index (χ3v) is 5.47. The molecule has 0 radical (unpaired) electrons. The zero-order valence-corrected chi connectivity index (χ0v) is 13.5. The van der Waals surface area contributed by atoms with Gasteiger partial charge in [0.1, 0.15) is 0 Å². The minimum absolute atomic E-state index is 0.604. The lowest BCUT2D eigenvalue weighted by Crippen LogP contribution is -2.35. The second-order valence-corrected chi connectivity index (χ2v) is 6.92. The van der Waals surface area contributed by atoms with Crippen LogP contribution in [0.15, 0.2) is 48.5 Å². The Labute approximate surface area is 134 Å². The Kier molecular flexibility index (Phi) is 3.75. The lowest BCUT2D eigenvalue weighted by Gasteiger charge is -2.40. The molecule has 2 aromatic carbocycles. The molecule has 1 aliphatic carbocycles. The van der Waals surface area contributed by atoms with E-state index in [4.69, 9.17) is 0 Å². The summed E-state index contributed by atoms with van der Waals surface area (Å²) in [4.78, 5) is 2.79. The van der Waals surface area contributed by atoms with Gasteiger partial charge in [-0.05, 0) is 55.8 Å². The Morgan fingerprint density at radius 1 is 0.909 bits per heavy atom. The fourth-order valence-electron chi connectivity index (χ4n) is 4.43. The van der Waals surface area contributed by atoms with E-state index in [1.807, 2.05) is 0 Å². The van der Waals surface area contributed by atoms with E-state index in [2.05, 4.69) is 60.4 Å². The molecular formula is C21H25N. The lowest BCUT2D eigenvalue weighted by molar-refractivity contribution is 0.0942. The van der Waals surface area contributed by atoms with Gasteiger partial charge in [-0.1, -0.05) is 60.5 Å². The van der Waals surface area contributed by atoms with Gasteiger partial charge >= 0.3 is 0 Å². The fourth-order valence-corrected chi connectivity index (χ4v) is 4.43. The van der Waals surface area contributed by atoms with Gasteiger partial charge in [0.2, 0.25) is 0 Å². The number of piperidine rings is 1. The van der Waals surface area contributed by atoms with Crippen molar-refractivity contribution in [3.05, 3.63) is 70.8 Å². The van der Waals surface area contributed by atoms with Gasteiger partial charge in [-0.3, -0.25) is 4.90 Å². The highest BCUT2D eigenvalue weighted by Gasteiger charge is 2.34. The topological polar surface area (TPSA) is 3.24 Å². The van der Waals surface area contributed by atoms with Crippen LogP contribution in [0, 0.1) is 6.92 Å². The highest BCUT2D eigenvalue weighted by atomic mass is 15.2. The van der Waals surface area contributed by atoms with Gasteiger partial charge in [0.25, 0.3) is 0 Å². The van der Waals surface area contributed by atoms with Gasteiger partial charge in [-0.15, -0.1) is 0 Å². The average Bonchev–Trinajstić information content (AvgIpc) is 2.98. The van der Waals surface area contributed by atoms with Crippen molar-refractivity contribution in [2.45, 2.75) is 51.1 Å². The highest BCUT2D eigenvalue weighted by molar-refractivity contribution is 5.38. The van der Waals surface area contributed by atoms with Crippen molar-refractivity contribution in [2.24, 2.45) is 0 Å². The summed E-state index contributed by atoms with van der Waals surface area (Å²) in [5, 5.41) is 0. The molecule has 114 valence electrons. The van der Waals surface area contributed by atoms with Gasteiger partial charge in [0.05, 0.1) is 0 Å². The zero-order valence-electron chi connectivity index (χ0n) is 13.5. The summed E-state index contributed by atoms with van der Waals surface area (Å²) in [6.45, 7) is 3.46. The molecule has 0 spiro atoms. The molecule has 0 N–H and O–H groups in total. The van der Waals surface area contributed by atoms with E-state index < -0.39 is 0 Å². The molecule has 4 rings (SSSR count). The van der Waals surface area contributed by atoms with Crippen LogP contribution >= 0.6 is 0 Å². The van der Waals surface area contributed by atoms with Crippen LogP contribution in [0.3, 0.4) is 0 Å². The largest absolute Gasteiger partial charge is 0.289 e. The maximum absolute atomic E-state index is 2.79. The first kappa shape index (κ1) is 14.0. The molecule has 2 atom stereocenters. The Bertz CT molecular complexity index is 646. The number of aryl methyl sites for hydroxylation is 2. The quantitative estimate of drug-likeness (QED) is 0.734. The summed E-state index contributed by atoms with van der Waals surface area (Å²) in [5.74, 6) is 0. The number of likely N-dealkylation sites (tertiary alicyclic amines) is 1. The molecule has 1 saturated heterocycles. The summed E-state index contributed by atoms with van der Waals surface area (Å²) in [6, 6.07) is 19.4. The predicted octanol–water partition coefficient (Wildman–Crippen LogP) is 5.21. The van der Waals surface area contributed by atoms with Crippen molar-refractivity contribution in [2.75, 3.05) is 6.54 Å². The summed E-state index contributed by atoms with van der Waals surface area (Å²) in [7, 11) is 0. The first-order chi connectivity index (χ1) is 10.8. The number of nitrogens with zero attached hydrogens (tertiary/aromatic N) is 1.